The van der Waals surface area contributed by atoms with Crippen LogP contribution in [0.5, 0.6) is 5.88 Å². The van der Waals surface area contributed by atoms with Crippen LogP contribution in [0.4, 0.5) is 0 Å². The van der Waals surface area contributed by atoms with Crippen molar-refractivity contribution in [2.75, 3.05) is 6.61 Å². The minimum absolute atomic E-state index is 0.158. The molecular formula is C16H21NO3. The van der Waals surface area contributed by atoms with Crippen molar-refractivity contribution in [1.82, 2.24) is 4.98 Å². The second-order valence-electron chi connectivity index (χ2n) is 4.87. The van der Waals surface area contributed by atoms with Gasteiger partial charge in [0.15, 0.2) is 0 Å². The van der Waals surface area contributed by atoms with E-state index < -0.39 is 5.97 Å². The summed E-state index contributed by atoms with van der Waals surface area (Å²) in [6.07, 6.45) is 7.58. The summed E-state index contributed by atoms with van der Waals surface area (Å²) in [5.74, 6) is -0.553. The third-order valence-electron chi connectivity index (χ3n) is 2.74. The molecule has 1 rings (SSSR count). The zero-order chi connectivity index (χ0) is 15.0. The van der Waals surface area contributed by atoms with E-state index in [1.807, 2.05) is 6.08 Å². The van der Waals surface area contributed by atoms with E-state index >= 15 is 0 Å². The summed E-state index contributed by atoms with van der Waals surface area (Å²) in [4.78, 5) is 14.6. The van der Waals surface area contributed by atoms with E-state index in [0.29, 0.717) is 12.5 Å². The van der Waals surface area contributed by atoms with Gasteiger partial charge < -0.3 is 9.84 Å². The number of carboxylic acid groups (broad SMARTS) is 1. The Morgan fingerprint density at radius 1 is 1.30 bits per heavy atom. The highest BCUT2D eigenvalue weighted by Gasteiger charge is 2.02. The van der Waals surface area contributed by atoms with Crippen molar-refractivity contribution < 1.29 is 14.6 Å². The van der Waals surface area contributed by atoms with Crippen molar-refractivity contribution in [3.63, 3.8) is 0 Å². The lowest BCUT2D eigenvalue weighted by Gasteiger charge is -2.03. The van der Waals surface area contributed by atoms with E-state index in [1.54, 1.807) is 6.07 Å². The van der Waals surface area contributed by atoms with E-state index in [0.717, 1.165) is 12.8 Å². The molecule has 0 radical (unpaired) electrons. The van der Waals surface area contributed by atoms with E-state index in [9.17, 15) is 4.79 Å². The Bertz CT molecular complexity index is 497. The van der Waals surface area contributed by atoms with Gasteiger partial charge in [-0.2, -0.15) is 0 Å². The Morgan fingerprint density at radius 3 is 2.60 bits per heavy atom. The van der Waals surface area contributed by atoms with Gasteiger partial charge in [0.05, 0.1) is 5.56 Å². The van der Waals surface area contributed by atoms with Crippen LogP contribution in [0, 0.1) is 0 Å². The van der Waals surface area contributed by atoms with Gasteiger partial charge in [0.25, 0.3) is 0 Å². The number of aromatic nitrogens is 1. The molecule has 0 spiro atoms. The Hall–Kier alpha value is -2.10. The van der Waals surface area contributed by atoms with Gasteiger partial charge in [-0.15, -0.1) is 0 Å². The molecule has 0 amide bonds. The Kier molecular flexibility index (Phi) is 6.50. The lowest BCUT2D eigenvalue weighted by Crippen LogP contribution is -2.00. The molecule has 0 fully saturated rings. The normalized spacial score (nSPS) is 11.1. The van der Waals surface area contributed by atoms with Crippen LogP contribution in [-0.2, 0) is 0 Å². The highest BCUT2D eigenvalue weighted by Crippen LogP contribution is 2.09. The molecule has 0 aromatic carbocycles. The predicted octanol–water partition coefficient (Wildman–Crippen LogP) is 3.85. The maximum absolute atomic E-state index is 10.7. The van der Waals surface area contributed by atoms with Crippen molar-refractivity contribution in [3.8, 4) is 5.88 Å². The summed E-state index contributed by atoms with van der Waals surface area (Å²) >= 11 is 0. The second kappa shape index (κ2) is 8.15. The van der Waals surface area contributed by atoms with Crippen molar-refractivity contribution in [2.45, 2.75) is 33.6 Å². The third kappa shape index (κ3) is 6.18. The molecule has 108 valence electrons. The molecule has 4 heteroatoms. The molecule has 1 N–H and O–H groups in total. The average molecular weight is 275 g/mol. The fraction of sp³-hybridized carbons (Fsp3) is 0.375. The number of pyridine rings is 1. The van der Waals surface area contributed by atoms with Gasteiger partial charge in [-0.05, 0) is 45.8 Å². The van der Waals surface area contributed by atoms with Crippen LogP contribution in [0.1, 0.15) is 44.0 Å². The van der Waals surface area contributed by atoms with Gasteiger partial charge in [0.1, 0.15) is 6.61 Å². The topological polar surface area (TPSA) is 59.4 Å². The Morgan fingerprint density at radius 2 is 2.05 bits per heavy atom. The summed E-state index contributed by atoms with van der Waals surface area (Å²) in [6.45, 7) is 6.70. The maximum atomic E-state index is 10.7. The molecule has 0 saturated carbocycles. The predicted molar refractivity (Wildman–Crippen MR) is 79.1 cm³/mol. The molecule has 1 aromatic rings. The highest BCUT2D eigenvalue weighted by atomic mass is 16.5. The number of ether oxygens (including phenoxy) is 1. The minimum atomic E-state index is -0.987. The van der Waals surface area contributed by atoms with Crippen LogP contribution >= 0.6 is 0 Å². The van der Waals surface area contributed by atoms with Crippen LogP contribution < -0.4 is 4.74 Å². The lowest BCUT2D eigenvalue weighted by molar-refractivity contribution is 0.0696. The van der Waals surface area contributed by atoms with Crippen LogP contribution in [0.25, 0.3) is 0 Å². The number of carboxylic acids is 1. The molecule has 0 unspecified atom stereocenters. The zero-order valence-electron chi connectivity index (χ0n) is 12.2. The Balaban J connectivity index is 2.39. The zero-order valence-corrected chi connectivity index (χ0v) is 12.2. The van der Waals surface area contributed by atoms with E-state index in [4.69, 9.17) is 9.84 Å². The van der Waals surface area contributed by atoms with Crippen LogP contribution in [-0.4, -0.2) is 22.7 Å². The molecule has 0 bridgehead atoms. The number of carbonyl (C=O) groups is 1. The molecule has 0 atom stereocenters. The average Bonchev–Trinajstić information content (AvgIpc) is 2.39. The SMILES string of the molecule is CC(C)=CCCC(C)=CCOc1ccc(C(=O)O)cn1. The van der Waals surface area contributed by atoms with Gasteiger partial charge in [-0.3, -0.25) is 0 Å². The first-order chi connectivity index (χ1) is 9.49. The molecule has 1 heterocycles. The summed E-state index contributed by atoms with van der Waals surface area (Å²) in [7, 11) is 0. The maximum Gasteiger partial charge on any atom is 0.337 e. The summed E-state index contributed by atoms with van der Waals surface area (Å²) in [5, 5.41) is 8.75. The number of aromatic carboxylic acids is 1. The molecule has 0 aliphatic rings. The van der Waals surface area contributed by atoms with Crippen molar-refractivity contribution in [1.29, 1.82) is 0 Å². The number of nitrogens with zero attached hydrogens (tertiary/aromatic N) is 1. The van der Waals surface area contributed by atoms with E-state index in [-0.39, 0.29) is 5.56 Å². The van der Waals surface area contributed by atoms with Gasteiger partial charge in [0, 0.05) is 12.3 Å². The van der Waals surface area contributed by atoms with Crippen molar-refractivity contribution >= 4 is 5.97 Å². The fourth-order valence-corrected chi connectivity index (χ4v) is 1.55. The van der Waals surface area contributed by atoms with Crippen LogP contribution in [0.2, 0.25) is 0 Å². The quantitative estimate of drug-likeness (QED) is 0.768. The van der Waals surface area contributed by atoms with E-state index in [1.165, 1.54) is 23.4 Å². The first kappa shape index (κ1) is 16.0. The smallest absolute Gasteiger partial charge is 0.337 e. The Labute approximate surface area is 119 Å². The number of rotatable bonds is 7. The standard InChI is InChI=1S/C16H21NO3/c1-12(2)5-4-6-13(3)9-10-20-15-8-7-14(11-17-15)16(18)19/h5,7-9,11H,4,6,10H2,1-3H3,(H,18,19). The second-order valence-corrected chi connectivity index (χ2v) is 4.87. The summed E-state index contributed by atoms with van der Waals surface area (Å²) in [5.41, 5.74) is 2.76. The number of allylic oxidation sites excluding steroid dienone is 3. The van der Waals surface area contributed by atoms with Crippen molar-refractivity contribution in [3.05, 3.63) is 47.2 Å². The van der Waals surface area contributed by atoms with Gasteiger partial charge in [-0.25, -0.2) is 9.78 Å². The number of hydrogen-bond donors (Lipinski definition) is 1. The molecule has 0 aliphatic carbocycles. The molecule has 0 saturated heterocycles. The summed E-state index contributed by atoms with van der Waals surface area (Å²) < 4.78 is 5.44. The highest BCUT2D eigenvalue weighted by molar-refractivity contribution is 5.87. The minimum Gasteiger partial charge on any atom is -0.478 e. The molecule has 0 aliphatic heterocycles. The molecule has 20 heavy (non-hydrogen) atoms. The number of hydrogen-bond acceptors (Lipinski definition) is 3. The van der Waals surface area contributed by atoms with Crippen LogP contribution in [0.15, 0.2) is 41.6 Å². The molecular weight excluding hydrogens is 254 g/mol. The van der Waals surface area contributed by atoms with E-state index in [2.05, 4.69) is 31.8 Å². The van der Waals surface area contributed by atoms with Crippen molar-refractivity contribution in [2.24, 2.45) is 0 Å². The molecule has 4 nitrogen and oxygen atoms in total. The van der Waals surface area contributed by atoms with Crippen LogP contribution in [0.3, 0.4) is 0 Å². The largest absolute Gasteiger partial charge is 0.478 e. The van der Waals surface area contributed by atoms with Gasteiger partial charge in [-0.1, -0.05) is 17.2 Å². The van der Waals surface area contributed by atoms with Gasteiger partial charge in [0.2, 0.25) is 5.88 Å². The molecule has 1 aromatic heterocycles. The van der Waals surface area contributed by atoms with Gasteiger partial charge >= 0.3 is 5.97 Å². The monoisotopic (exact) mass is 275 g/mol. The third-order valence-corrected chi connectivity index (χ3v) is 2.74. The summed E-state index contributed by atoms with van der Waals surface area (Å²) in [6, 6.07) is 3.05. The fourth-order valence-electron chi connectivity index (χ4n) is 1.55. The lowest BCUT2D eigenvalue weighted by atomic mass is 10.1. The first-order valence-electron chi connectivity index (χ1n) is 6.60. The first-order valence-corrected chi connectivity index (χ1v) is 6.60.